The Bertz CT molecular complexity index is 938. The third kappa shape index (κ3) is 2.95. The van der Waals surface area contributed by atoms with Crippen LogP contribution in [0.15, 0.2) is 30.5 Å². The second-order valence-electron chi connectivity index (χ2n) is 6.48. The van der Waals surface area contributed by atoms with Crippen molar-refractivity contribution in [3.63, 3.8) is 0 Å². The van der Waals surface area contributed by atoms with Crippen LogP contribution in [-0.4, -0.2) is 45.8 Å². The lowest BCUT2D eigenvalue weighted by Gasteiger charge is -2.27. The number of thiazole rings is 1. The highest BCUT2D eigenvalue weighted by Gasteiger charge is 2.54. The Morgan fingerprint density at radius 3 is 2.67 bits per heavy atom. The van der Waals surface area contributed by atoms with E-state index in [4.69, 9.17) is 16.3 Å². The van der Waals surface area contributed by atoms with E-state index in [9.17, 15) is 9.59 Å². The van der Waals surface area contributed by atoms with Gasteiger partial charge in [-0.15, -0.1) is 11.3 Å². The number of rotatable bonds is 4. The molecule has 0 aliphatic carbocycles. The Morgan fingerprint density at radius 2 is 2.07 bits per heavy atom. The van der Waals surface area contributed by atoms with Gasteiger partial charge in [0.25, 0.3) is 5.84 Å². The highest BCUT2D eigenvalue weighted by Crippen LogP contribution is 2.41. The zero-order valence-electron chi connectivity index (χ0n) is 15.0. The Balaban J connectivity index is 1.78. The number of halogens is 1. The number of hydrogen-bond acceptors (Lipinski definition) is 5. The summed E-state index contributed by atoms with van der Waals surface area (Å²) in [6.45, 7) is 2.46. The second kappa shape index (κ2) is 7.05. The Hall–Kier alpha value is -2.25. The summed E-state index contributed by atoms with van der Waals surface area (Å²) in [6, 6.07) is 6.99. The van der Waals surface area contributed by atoms with E-state index in [0.717, 1.165) is 17.1 Å². The van der Waals surface area contributed by atoms with Crippen LogP contribution in [0.3, 0.4) is 0 Å². The molecule has 1 aromatic heterocycles. The third-order valence-electron chi connectivity index (χ3n) is 5.13. The normalized spacial score (nSPS) is 22.4. The van der Waals surface area contributed by atoms with Gasteiger partial charge in [0.15, 0.2) is 10.4 Å². The van der Waals surface area contributed by atoms with Crippen LogP contribution >= 0.6 is 22.9 Å². The number of likely N-dealkylation sites (N-methyl/N-ethyl adjacent to an activating group) is 1. The van der Waals surface area contributed by atoms with Crippen LogP contribution in [0.1, 0.15) is 42.2 Å². The molecule has 27 heavy (non-hydrogen) atoms. The zero-order valence-corrected chi connectivity index (χ0v) is 16.6. The van der Waals surface area contributed by atoms with Gasteiger partial charge in [0, 0.05) is 12.6 Å². The molecule has 0 saturated carbocycles. The molecule has 8 heteroatoms. The molecule has 1 fully saturated rings. The molecule has 2 aliphatic heterocycles. The number of carbonyl (C=O) groups is 2. The van der Waals surface area contributed by atoms with E-state index in [1.807, 2.05) is 6.92 Å². The molecular formula is C19H19ClN3O3S+. The van der Waals surface area contributed by atoms with E-state index >= 15 is 0 Å². The molecule has 2 aromatic rings. The smallest absolute Gasteiger partial charge is 0.329 e. The molecule has 2 atom stereocenters. The minimum absolute atomic E-state index is 0.125. The predicted octanol–water partition coefficient (Wildman–Crippen LogP) is 3.22. The number of methoxy groups -OCH3 is 1. The maximum absolute atomic E-state index is 13.4. The first-order chi connectivity index (χ1) is 13.0. The summed E-state index contributed by atoms with van der Waals surface area (Å²) < 4.78 is 7.38. The lowest BCUT2D eigenvalue weighted by Crippen LogP contribution is -2.52. The standard InChI is InChI=1S/C19H19ClN3O3S/c1-3-22-15-9-8-13(14-10-21-19(20)27-14)23(15)18(25)16(17(22)24)11-4-6-12(26-2)7-5-11/h4-7,10,13,16H,3,8-9H2,1-2H3/q+1. The quantitative estimate of drug-likeness (QED) is 0.579. The Labute approximate surface area is 166 Å². The number of nitrogens with zero attached hydrogens (tertiary/aromatic N) is 3. The second-order valence-corrected chi connectivity index (χ2v) is 8.13. The minimum Gasteiger partial charge on any atom is -0.497 e. The molecule has 2 aliphatic rings. The van der Waals surface area contributed by atoms with E-state index in [1.54, 1.807) is 47.0 Å². The van der Waals surface area contributed by atoms with Crippen molar-refractivity contribution in [1.29, 1.82) is 0 Å². The van der Waals surface area contributed by atoms with E-state index in [2.05, 4.69) is 4.98 Å². The van der Waals surface area contributed by atoms with E-state index in [0.29, 0.717) is 28.7 Å². The first-order valence-electron chi connectivity index (χ1n) is 8.80. The molecule has 2 amide bonds. The van der Waals surface area contributed by atoms with Gasteiger partial charge in [-0.25, -0.2) is 14.6 Å². The van der Waals surface area contributed by atoms with Gasteiger partial charge in [0.1, 0.15) is 11.8 Å². The number of hydrogen-bond donors (Lipinski definition) is 0. The highest BCUT2D eigenvalue weighted by atomic mass is 35.5. The minimum atomic E-state index is -0.844. The van der Waals surface area contributed by atoms with Gasteiger partial charge in [-0.05, 0) is 24.6 Å². The highest BCUT2D eigenvalue weighted by molar-refractivity contribution is 7.15. The fraction of sp³-hybridized carbons (Fsp3) is 0.368. The first kappa shape index (κ1) is 18.1. The van der Waals surface area contributed by atoms with Gasteiger partial charge in [-0.3, -0.25) is 0 Å². The molecule has 0 N–H and O–H groups in total. The molecule has 1 aromatic carbocycles. The van der Waals surface area contributed by atoms with Crippen molar-refractivity contribution in [1.82, 2.24) is 9.88 Å². The van der Waals surface area contributed by atoms with Crippen LogP contribution in [-0.2, 0) is 9.59 Å². The fourth-order valence-corrected chi connectivity index (χ4v) is 4.96. The van der Waals surface area contributed by atoms with Crippen molar-refractivity contribution >= 4 is 40.6 Å². The molecule has 6 nitrogen and oxygen atoms in total. The summed E-state index contributed by atoms with van der Waals surface area (Å²) in [5.74, 6) is 0.279. The van der Waals surface area contributed by atoms with Gasteiger partial charge in [-0.1, -0.05) is 23.7 Å². The molecule has 0 spiro atoms. The van der Waals surface area contributed by atoms with Gasteiger partial charge in [-0.2, -0.15) is 9.48 Å². The summed E-state index contributed by atoms with van der Waals surface area (Å²) in [5, 5.41) is 0. The van der Waals surface area contributed by atoms with Crippen LogP contribution in [0.2, 0.25) is 4.47 Å². The molecule has 3 heterocycles. The van der Waals surface area contributed by atoms with Crippen LogP contribution < -0.4 is 4.74 Å². The monoisotopic (exact) mass is 404 g/mol. The fourth-order valence-electron chi connectivity index (χ4n) is 3.88. The molecule has 0 radical (unpaired) electrons. The summed E-state index contributed by atoms with van der Waals surface area (Å²) in [4.78, 5) is 33.4. The first-order valence-corrected chi connectivity index (χ1v) is 10.00. The van der Waals surface area contributed by atoms with Gasteiger partial charge >= 0.3 is 11.8 Å². The number of fused-ring (bicyclic) bond motifs is 1. The number of amidine groups is 1. The van der Waals surface area contributed by atoms with Crippen molar-refractivity contribution in [3.8, 4) is 5.75 Å². The summed E-state index contributed by atoms with van der Waals surface area (Å²) in [5.41, 5.74) is 0.677. The molecule has 4 rings (SSSR count). The largest absolute Gasteiger partial charge is 0.497 e. The van der Waals surface area contributed by atoms with Crippen molar-refractivity contribution in [2.24, 2.45) is 0 Å². The zero-order chi connectivity index (χ0) is 19.1. The Kier molecular flexibility index (Phi) is 4.74. The average Bonchev–Trinajstić information content (AvgIpc) is 3.29. The van der Waals surface area contributed by atoms with Crippen molar-refractivity contribution in [3.05, 3.63) is 45.4 Å². The van der Waals surface area contributed by atoms with Gasteiger partial charge in [0.2, 0.25) is 0 Å². The predicted molar refractivity (Wildman–Crippen MR) is 102 cm³/mol. The van der Waals surface area contributed by atoms with Gasteiger partial charge < -0.3 is 4.74 Å². The van der Waals surface area contributed by atoms with Crippen molar-refractivity contribution in [2.45, 2.75) is 31.7 Å². The summed E-state index contributed by atoms with van der Waals surface area (Å²) in [7, 11) is 1.58. The van der Waals surface area contributed by atoms with Gasteiger partial charge in [0.05, 0.1) is 25.0 Å². The third-order valence-corrected chi connectivity index (χ3v) is 6.35. The topological polar surface area (TPSA) is 62.5 Å². The SMILES string of the molecule is CC[N+]1=C2CCC(c3cnc(Cl)s3)N2C(=O)C(c2ccc(OC)cc2)C1=O. The Morgan fingerprint density at radius 1 is 1.33 bits per heavy atom. The number of carbonyl (C=O) groups excluding carboxylic acids is 2. The van der Waals surface area contributed by atoms with Crippen molar-refractivity contribution < 1.29 is 18.9 Å². The summed E-state index contributed by atoms with van der Waals surface area (Å²) in [6.07, 6.45) is 3.17. The summed E-state index contributed by atoms with van der Waals surface area (Å²) >= 11 is 7.38. The van der Waals surface area contributed by atoms with Crippen molar-refractivity contribution in [2.75, 3.05) is 13.7 Å². The van der Waals surface area contributed by atoms with Crippen LogP contribution in [0, 0.1) is 0 Å². The maximum atomic E-state index is 13.4. The lowest BCUT2D eigenvalue weighted by molar-refractivity contribution is -0.454. The van der Waals surface area contributed by atoms with Crippen LogP contribution in [0.4, 0.5) is 0 Å². The molecule has 2 unspecified atom stereocenters. The molecule has 140 valence electrons. The maximum Gasteiger partial charge on any atom is 0.329 e. The molecule has 0 bridgehead atoms. The lowest BCUT2D eigenvalue weighted by atomic mass is 9.94. The van der Waals surface area contributed by atoms with Crippen LogP contribution in [0.5, 0.6) is 5.75 Å². The number of benzene rings is 1. The molecular weight excluding hydrogens is 386 g/mol. The average molecular weight is 405 g/mol. The number of amides is 2. The molecule has 1 saturated heterocycles. The van der Waals surface area contributed by atoms with E-state index < -0.39 is 5.92 Å². The van der Waals surface area contributed by atoms with E-state index in [1.165, 1.54) is 11.3 Å². The van der Waals surface area contributed by atoms with E-state index in [-0.39, 0.29) is 17.9 Å². The number of ether oxygens (including phenoxy) is 1. The number of aromatic nitrogens is 1. The van der Waals surface area contributed by atoms with Crippen LogP contribution in [0.25, 0.3) is 0 Å².